The summed E-state index contributed by atoms with van der Waals surface area (Å²) >= 11 is 0. The Morgan fingerprint density at radius 2 is 2.25 bits per heavy atom. The molecule has 8 nitrogen and oxygen atoms in total. The predicted octanol–water partition coefficient (Wildman–Crippen LogP) is 2.29. The zero-order valence-electron chi connectivity index (χ0n) is 13.3. The highest BCUT2D eigenvalue weighted by atomic mass is 16.6. The molecular formula is C16H17N3O5. The van der Waals surface area contributed by atoms with Crippen molar-refractivity contribution in [3.63, 3.8) is 0 Å². The molecule has 1 aliphatic heterocycles. The molecule has 1 heterocycles. The lowest BCUT2D eigenvalue weighted by Gasteiger charge is -2.34. The van der Waals surface area contributed by atoms with Gasteiger partial charge in [0.2, 0.25) is 0 Å². The first kappa shape index (κ1) is 17.2. The Balaban J connectivity index is 2.57. The lowest BCUT2D eigenvalue weighted by Crippen LogP contribution is -2.48. The third-order valence-corrected chi connectivity index (χ3v) is 3.73. The summed E-state index contributed by atoms with van der Waals surface area (Å²) in [6, 6.07) is 4.52. The number of nitro benzene ring substituents is 1. The van der Waals surface area contributed by atoms with Gasteiger partial charge in [0.25, 0.3) is 5.69 Å². The van der Waals surface area contributed by atoms with Crippen LogP contribution in [0.2, 0.25) is 0 Å². The zero-order valence-corrected chi connectivity index (χ0v) is 13.3. The Hall–Kier alpha value is -3.16. The van der Waals surface area contributed by atoms with Gasteiger partial charge >= 0.3 is 12.0 Å². The van der Waals surface area contributed by atoms with E-state index in [0.29, 0.717) is 11.3 Å². The van der Waals surface area contributed by atoms with Gasteiger partial charge in [0.05, 0.1) is 23.6 Å². The van der Waals surface area contributed by atoms with Crippen LogP contribution in [0.5, 0.6) is 0 Å². The van der Waals surface area contributed by atoms with E-state index in [1.807, 2.05) is 0 Å². The molecule has 0 aromatic heterocycles. The number of hydrogen-bond acceptors (Lipinski definition) is 5. The van der Waals surface area contributed by atoms with Gasteiger partial charge in [-0.2, -0.15) is 0 Å². The largest absolute Gasteiger partial charge is 0.466 e. The molecule has 1 aromatic carbocycles. The van der Waals surface area contributed by atoms with Gasteiger partial charge in [-0.3, -0.25) is 15.0 Å². The summed E-state index contributed by atoms with van der Waals surface area (Å²) in [5, 5.41) is 13.7. The number of methoxy groups -OCH3 is 1. The number of nitro groups is 1. The summed E-state index contributed by atoms with van der Waals surface area (Å²) in [7, 11) is 1.24. The number of allylic oxidation sites excluding steroid dienone is 1. The van der Waals surface area contributed by atoms with Crippen molar-refractivity contribution in [1.82, 2.24) is 10.2 Å². The van der Waals surface area contributed by atoms with E-state index in [4.69, 9.17) is 4.74 Å². The summed E-state index contributed by atoms with van der Waals surface area (Å²) in [6.45, 7) is 5.43. The number of carbonyl (C=O) groups is 2. The van der Waals surface area contributed by atoms with Gasteiger partial charge in [0.15, 0.2) is 0 Å². The maximum atomic E-state index is 12.3. The molecule has 2 rings (SSSR count). The van der Waals surface area contributed by atoms with Gasteiger partial charge in [-0.25, -0.2) is 9.59 Å². The molecule has 1 N–H and O–H groups in total. The monoisotopic (exact) mass is 331 g/mol. The molecule has 0 aliphatic carbocycles. The van der Waals surface area contributed by atoms with Gasteiger partial charge in [0, 0.05) is 24.4 Å². The van der Waals surface area contributed by atoms with Gasteiger partial charge in [0.1, 0.15) is 0 Å². The standard InChI is InChI=1S/C16H17N3O5/c1-4-8-18-10(2)13(15(20)24-3)14(17-16(18)21)11-6-5-7-12(9-11)19(22)23/h4-7,9,14H,1,8H2,2-3H3,(H,17,21). The minimum Gasteiger partial charge on any atom is -0.466 e. The minimum absolute atomic E-state index is 0.128. The molecule has 24 heavy (non-hydrogen) atoms. The van der Waals surface area contributed by atoms with E-state index in [-0.39, 0.29) is 17.8 Å². The smallest absolute Gasteiger partial charge is 0.337 e. The molecule has 1 atom stereocenters. The van der Waals surface area contributed by atoms with Crippen molar-refractivity contribution in [3.05, 3.63) is 63.9 Å². The van der Waals surface area contributed by atoms with Crippen LogP contribution in [0.15, 0.2) is 48.2 Å². The third-order valence-electron chi connectivity index (χ3n) is 3.73. The number of rotatable bonds is 5. The Labute approximate surface area is 138 Å². The quantitative estimate of drug-likeness (QED) is 0.386. The normalized spacial score (nSPS) is 17.3. The molecular weight excluding hydrogens is 314 g/mol. The summed E-state index contributed by atoms with van der Waals surface area (Å²) in [5.74, 6) is -0.613. The number of non-ortho nitro benzene ring substituents is 1. The van der Waals surface area contributed by atoms with Crippen LogP contribution in [-0.2, 0) is 9.53 Å². The maximum Gasteiger partial charge on any atom is 0.337 e. The lowest BCUT2D eigenvalue weighted by molar-refractivity contribution is -0.384. The summed E-state index contributed by atoms with van der Waals surface area (Å²) in [4.78, 5) is 36.3. The van der Waals surface area contributed by atoms with Gasteiger partial charge in [-0.15, -0.1) is 6.58 Å². The highest BCUT2D eigenvalue weighted by molar-refractivity contribution is 5.95. The van der Waals surface area contributed by atoms with Crippen LogP contribution < -0.4 is 5.32 Å². The molecule has 0 saturated heterocycles. The summed E-state index contributed by atoms with van der Waals surface area (Å²) < 4.78 is 4.82. The van der Waals surface area contributed by atoms with E-state index < -0.39 is 23.0 Å². The number of carbonyl (C=O) groups excluding carboxylic acids is 2. The molecule has 1 unspecified atom stereocenters. The highest BCUT2D eigenvalue weighted by Crippen LogP contribution is 2.32. The van der Waals surface area contributed by atoms with Crippen molar-refractivity contribution >= 4 is 17.7 Å². The minimum atomic E-state index is -0.828. The number of nitrogens with zero attached hydrogens (tertiary/aromatic N) is 2. The van der Waals surface area contributed by atoms with Crippen LogP contribution in [0.1, 0.15) is 18.5 Å². The van der Waals surface area contributed by atoms with Crippen molar-refractivity contribution < 1.29 is 19.2 Å². The highest BCUT2D eigenvalue weighted by Gasteiger charge is 2.36. The fraction of sp³-hybridized carbons (Fsp3) is 0.250. The van der Waals surface area contributed by atoms with Crippen molar-refractivity contribution in [1.29, 1.82) is 0 Å². The Kier molecular flexibility index (Phi) is 4.98. The molecule has 0 saturated carbocycles. The molecule has 1 aliphatic rings. The van der Waals surface area contributed by atoms with Crippen molar-refractivity contribution in [2.75, 3.05) is 13.7 Å². The number of esters is 1. The van der Waals surface area contributed by atoms with Crippen molar-refractivity contribution in [2.24, 2.45) is 0 Å². The Bertz CT molecular complexity index is 741. The molecule has 0 fully saturated rings. The van der Waals surface area contributed by atoms with E-state index in [9.17, 15) is 19.7 Å². The second kappa shape index (κ2) is 6.95. The number of urea groups is 1. The SMILES string of the molecule is C=CCN1C(=O)NC(c2cccc([N+](=O)[O-])c2)C(C(=O)OC)=C1C. The van der Waals surface area contributed by atoms with E-state index in [0.717, 1.165) is 0 Å². The molecule has 8 heteroatoms. The Morgan fingerprint density at radius 1 is 1.54 bits per heavy atom. The number of hydrogen-bond donors (Lipinski definition) is 1. The number of ether oxygens (including phenoxy) is 1. The van der Waals surface area contributed by atoms with Crippen molar-refractivity contribution in [3.8, 4) is 0 Å². The third kappa shape index (κ3) is 3.12. The Morgan fingerprint density at radius 3 is 2.83 bits per heavy atom. The second-order valence-electron chi connectivity index (χ2n) is 5.12. The maximum absolute atomic E-state index is 12.3. The van der Waals surface area contributed by atoms with Crippen LogP contribution in [0.25, 0.3) is 0 Å². The molecule has 0 bridgehead atoms. The number of benzene rings is 1. The second-order valence-corrected chi connectivity index (χ2v) is 5.12. The first-order valence-electron chi connectivity index (χ1n) is 7.13. The van der Waals surface area contributed by atoms with E-state index in [1.54, 1.807) is 13.0 Å². The van der Waals surface area contributed by atoms with Gasteiger partial charge in [-0.1, -0.05) is 18.2 Å². The zero-order chi connectivity index (χ0) is 17.9. The molecule has 126 valence electrons. The lowest BCUT2D eigenvalue weighted by atomic mass is 9.94. The summed E-state index contributed by atoms with van der Waals surface area (Å²) in [6.07, 6.45) is 1.53. The molecule has 0 spiro atoms. The van der Waals surface area contributed by atoms with Crippen molar-refractivity contribution in [2.45, 2.75) is 13.0 Å². The number of amides is 2. The molecule has 2 amide bonds. The fourth-order valence-electron chi connectivity index (χ4n) is 2.57. The van der Waals surface area contributed by atoms with E-state index in [1.165, 1.54) is 36.3 Å². The van der Waals surface area contributed by atoms with Gasteiger partial charge < -0.3 is 10.1 Å². The molecule has 0 radical (unpaired) electrons. The van der Waals surface area contributed by atoms with Crippen LogP contribution in [0, 0.1) is 10.1 Å². The van der Waals surface area contributed by atoms with E-state index in [2.05, 4.69) is 11.9 Å². The van der Waals surface area contributed by atoms with E-state index >= 15 is 0 Å². The predicted molar refractivity (Wildman–Crippen MR) is 86.0 cm³/mol. The topological polar surface area (TPSA) is 102 Å². The average Bonchev–Trinajstić information content (AvgIpc) is 2.57. The van der Waals surface area contributed by atoms with Crippen LogP contribution >= 0.6 is 0 Å². The van der Waals surface area contributed by atoms with Crippen LogP contribution in [0.3, 0.4) is 0 Å². The first-order chi connectivity index (χ1) is 11.4. The summed E-state index contributed by atoms with van der Waals surface area (Å²) in [5.41, 5.74) is 0.939. The van der Waals surface area contributed by atoms with Crippen LogP contribution in [0.4, 0.5) is 10.5 Å². The number of nitrogens with one attached hydrogen (secondary N) is 1. The average molecular weight is 331 g/mol. The first-order valence-corrected chi connectivity index (χ1v) is 7.13. The van der Waals surface area contributed by atoms with Crippen LogP contribution in [-0.4, -0.2) is 35.5 Å². The van der Waals surface area contributed by atoms with Gasteiger partial charge in [-0.05, 0) is 12.5 Å². The molecule has 1 aromatic rings. The fourth-order valence-corrected chi connectivity index (χ4v) is 2.57.